The second kappa shape index (κ2) is 7.23. The van der Waals surface area contributed by atoms with E-state index < -0.39 is 29.3 Å². The molecule has 26 heavy (non-hydrogen) atoms. The summed E-state index contributed by atoms with van der Waals surface area (Å²) in [4.78, 5) is 38.3. The predicted molar refractivity (Wildman–Crippen MR) is 92.6 cm³/mol. The highest BCUT2D eigenvalue weighted by molar-refractivity contribution is 5.88. The van der Waals surface area contributed by atoms with Gasteiger partial charge in [-0.15, -0.1) is 0 Å². The number of nitrogens with zero attached hydrogens (tertiary/aromatic N) is 2. The van der Waals surface area contributed by atoms with Crippen LogP contribution in [0, 0.1) is 0 Å². The van der Waals surface area contributed by atoms with E-state index in [0.29, 0.717) is 0 Å². The summed E-state index contributed by atoms with van der Waals surface area (Å²) in [6.45, 7) is 4.89. The first-order valence-electron chi connectivity index (χ1n) is 8.21. The molecule has 0 unspecified atom stereocenters. The van der Waals surface area contributed by atoms with Crippen molar-refractivity contribution in [2.75, 3.05) is 20.1 Å². The summed E-state index contributed by atoms with van der Waals surface area (Å²) in [6, 6.07) is 9.07. The van der Waals surface area contributed by atoms with E-state index in [4.69, 9.17) is 9.47 Å². The number of amides is 2. The summed E-state index contributed by atoms with van der Waals surface area (Å²) in [5.74, 6) is -1.20. The molecular formula is C18H24N2O6. The fraction of sp³-hybridized carbons (Fsp3) is 0.500. The quantitative estimate of drug-likeness (QED) is 0.881. The molecule has 142 valence electrons. The summed E-state index contributed by atoms with van der Waals surface area (Å²) >= 11 is 0. The standard InChI is InChI=1S/C18H24N2O6/c1-17(2,3)26-16(24)20-11-18(12-20,14(21)22)19(4)15(23)25-10-13-8-6-5-7-9-13/h5-9H,10-12H2,1-4H3,(H,21,22). The summed E-state index contributed by atoms with van der Waals surface area (Å²) < 4.78 is 10.4. The first kappa shape index (κ1) is 19.6. The van der Waals surface area contributed by atoms with Crippen LogP contribution in [0.3, 0.4) is 0 Å². The maximum atomic E-state index is 12.3. The number of carbonyl (C=O) groups is 3. The van der Waals surface area contributed by atoms with Crippen molar-refractivity contribution >= 4 is 18.2 Å². The van der Waals surface area contributed by atoms with Gasteiger partial charge in [-0.3, -0.25) is 4.90 Å². The summed E-state index contributed by atoms with van der Waals surface area (Å²) in [7, 11) is 1.36. The van der Waals surface area contributed by atoms with Crippen LogP contribution in [0.1, 0.15) is 26.3 Å². The molecule has 1 N–H and O–H groups in total. The number of rotatable bonds is 4. The van der Waals surface area contributed by atoms with Gasteiger partial charge in [-0.25, -0.2) is 14.4 Å². The van der Waals surface area contributed by atoms with Crippen LogP contribution in [0.15, 0.2) is 30.3 Å². The Hall–Kier alpha value is -2.77. The van der Waals surface area contributed by atoms with E-state index in [1.807, 2.05) is 18.2 Å². The zero-order valence-electron chi connectivity index (χ0n) is 15.4. The number of hydrogen-bond donors (Lipinski definition) is 1. The fourth-order valence-corrected chi connectivity index (χ4v) is 2.52. The Bertz CT molecular complexity index is 677. The van der Waals surface area contributed by atoms with Gasteiger partial charge >= 0.3 is 18.2 Å². The number of carboxylic acids is 1. The van der Waals surface area contributed by atoms with Gasteiger partial charge in [0.05, 0.1) is 13.1 Å². The van der Waals surface area contributed by atoms with Crippen molar-refractivity contribution in [1.29, 1.82) is 0 Å². The molecule has 0 atom stereocenters. The molecule has 8 heteroatoms. The molecule has 0 aromatic heterocycles. The molecule has 8 nitrogen and oxygen atoms in total. The lowest BCUT2D eigenvalue weighted by Crippen LogP contribution is -2.75. The molecule has 0 radical (unpaired) electrons. The third-order valence-corrected chi connectivity index (χ3v) is 4.08. The number of hydrogen-bond acceptors (Lipinski definition) is 5. The molecule has 0 bridgehead atoms. The van der Waals surface area contributed by atoms with Crippen molar-refractivity contribution in [1.82, 2.24) is 9.80 Å². The molecule has 0 spiro atoms. The third-order valence-electron chi connectivity index (χ3n) is 4.08. The minimum absolute atomic E-state index is 0.0372. The van der Waals surface area contributed by atoms with Gasteiger partial charge in [-0.2, -0.15) is 0 Å². The monoisotopic (exact) mass is 364 g/mol. The highest BCUT2D eigenvalue weighted by atomic mass is 16.6. The van der Waals surface area contributed by atoms with E-state index in [9.17, 15) is 19.5 Å². The lowest BCUT2D eigenvalue weighted by atomic mass is 9.89. The van der Waals surface area contributed by atoms with Crippen LogP contribution >= 0.6 is 0 Å². The van der Waals surface area contributed by atoms with Crippen molar-refractivity contribution in [2.24, 2.45) is 0 Å². The Morgan fingerprint density at radius 2 is 1.77 bits per heavy atom. The maximum absolute atomic E-state index is 12.3. The molecule has 2 amide bonds. The highest BCUT2D eigenvalue weighted by Crippen LogP contribution is 2.29. The molecule has 1 aliphatic rings. The van der Waals surface area contributed by atoms with E-state index >= 15 is 0 Å². The topological polar surface area (TPSA) is 96.4 Å². The lowest BCUT2D eigenvalue weighted by Gasteiger charge is -2.50. The van der Waals surface area contributed by atoms with Gasteiger partial charge in [0, 0.05) is 7.05 Å². The SMILES string of the molecule is CN(C(=O)OCc1ccccc1)C1(C(=O)O)CN(C(=O)OC(C)(C)C)C1. The van der Waals surface area contributed by atoms with Crippen molar-refractivity contribution in [3.63, 3.8) is 0 Å². The van der Waals surface area contributed by atoms with Gasteiger partial charge in [0.1, 0.15) is 12.2 Å². The van der Waals surface area contributed by atoms with Crippen molar-refractivity contribution in [3.05, 3.63) is 35.9 Å². The minimum Gasteiger partial charge on any atom is -0.479 e. The number of aliphatic carboxylic acids is 1. The zero-order valence-corrected chi connectivity index (χ0v) is 15.4. The van der Waals surface area contributed by atoms with Gasteiger partial charge in [0.25, 0.3) is 0 Å². The molecule has 1 heterocycles. The fourth-order valence-electron chi connectivity index (χ4n) is 2.52. The average molecular weight is 364 g/mol. The Kier molecular flexibility index (Phi) is 5.44. The Labute approximate surface area is 152 Å². The molecule has 1 saturated heterocycles. The van der Waals surface area contributed by atoms with E-state index in [1.165, 1.54) is 11.9 Å². The number of benzene rings is 1. The van der Waals surface area contributed by atoms with Gasteiger partial charge in [0.2, 0.25) is 0 Å². The molecule has 0 saturated carbocycles. The number of carboxylic acid groups (broad SMARTS) is 1. The molecular weight excluding hydrogens is 340 g/mol. The molecule has 1 fully saturated rings. The maximum Gasteiger partial charge on any atom is 0.410 e. The van der Waals surface area contributed by atoms with Crippen LogP contribution in [0.25, 0.3) is 0 Å². The van der Waals surface area contributed by atoms with E-state index in [-0.39, 0.29) is 19.7 Å². The smallest absolute Gasteiger partial charge is 0.410 e. The molecule has 0 aliphatic carbocycles. The second-order valence-electron chi connectivity index (χ2n) is 7.27. The second-order valence-corrected chi connectivity index (χ2v) is 7.27. The van der Waals surface area contributed by atoms with Crippen LogP contribution in [0.4, 0.5) is 9.59 Å². The van der Waals surface area contributed by atoms with Crippen LogP contribution in [-0.4, -0.2) is 64.3 Å². The summed E-state index contributed by atoms with van der Waals surface area (Å²) in [5.41, 5.74) is -1.41. The lowest BCUT2D eigenvalue weighted by molar-refractivity contribution is -0.160. The first-order chi connectivity index (χ1) is 12.0. The first-order valence-corrected chi connectivity index (χ1v) is 8.21. The Morgan fingerprint density at radius 3 is 2.27 bits per heavy atom. The molecule has 1 aliphatic heterocycles. The van der Waals surface area contributed by atoms with Crippen molar-refractivity contribution in [3.8, 4) is 0 Å². The van der Waals surface area contributed by atoms with Crippen LogP contribution < -0.4 is 0 Å². The Balaban J connectivity index is 1.98. The average Bonchev–Trinajstić information content (AvgIpc) is 2.50. The van der Waals surface area contributed by atoms with Gasteiger partial charge in [-0.05, 0) is 26.3 Å². The number of ether oxygens (including phenoxy) is 2. The van der Waals surface area contributed by atoms with E-state index in [2.05, 4.69) is 0 Å². The predicted octanol–water partition coefficient (Wildman–Crippen LogP) is 2.33. The molecule has 1 aromatic carbocycles. The third kappa shape index (κ3) is 4.25. The van der Waals surface area contributed by atoms with Crippen LogP contribution in [-0.2, 0) is 20.9 Å². The number of likely N-dealkylation sites (tertiary alicyclic amines) is 1. The van der Waals surface area contributed by atoms with Crippen molar-refractivity contribution in [2.45, 2.75) is 38.5 Å². The van der Waals surface area contributed by atoms with Gasteiger partial charge in [-0.1, -0.05) is 30.3 Å². The molecule has 2 rings (SSSR count). The zero-order chi connectivity index (χ0) is 19.5. The normalized spacial score (nSPS) is 15.6. The number of likely N-dealkylation sites (N-methyl/N-ethyl adjacent to an activating group) is 1. The van der Waals surface area contributed by atoms with E-state index in [1.54, 1.807) is 32.9 Å². The minimum atomic E-state index is -1.52. The Morgan fingerprint density at radius 1 is 1.19 bits per heavy atom. The van der Waals surface area contributed by atoms with Gasteiger partial charge in [0.15, 0.2) is 5.54 Å². The van der Waals surface area contributed by atoms with Crippen LogP contribution in [0.5, 0.6) is 0 Å². The summed E-state index contributed by atoms with van der Waals surface area (Å²) in [6.07, 6.45) is -1.37. The largest absolute Gasteiger partial charge is 0.479 e. The van der Waals surface area contributed by atoms with Gasteiger partial charge < -0.3 is 19.5 Å². The van der Waals surface area contributed by atoms with Crippen molar-refractivity contribution < 1.29 is 29.0 Å². The molecule has 1 aromatic rings. The summed E-state index contributed by atoms with van der Waals surface area (Å²) in [5, 5.41) is 9.59. The number of carbonyl (C=O) groups excluding carboxylic acids is 2. The van der Waals surface area contributed by atoms with Crippen LogP contribution in [0.2, 0.25) is 0 Å². The highest BCUT2D eigenvalue weighted by Gasteiger charge is 2.57. The van der Waals surface area contributed by atoms with E-state index in [0.717, 1.165) is 10.5 Å².